The summed E-state index contributed by atoms with van der Waals surface area (Å²) in [4.78, 5) is -0.0677. The van der Waals surface area contributed by atoms with Gasteiger partial charge in [0.1, 0.15) is 10.7 Å². The highest BCUT2D eigenvalue weighted by molar-refractivity contribution is 7.80. The fourth-order valence-electron chi connectivity index (χ4n) is 1.70. The van der Waals surface area contributed by atoms with E-state index in [0.29, 0.717) is 12.3 Å². The van der Waals surface area contributed by atoms with Gasteiger partial charge in [-0.15, -0.1) is 0 Å². The first-order chi connectivity index (χ1) is 9.21. The van der Waals surface area contributed by atoms with Crippen LogP contribution in [-0.4, -0.2) is 11.6 Å². The molecule has 1 rings (SSSR count). The molecule has 0 saturated heterocycles. The second kappa shape index (κ2) is 6.92. The van der Waals surface area contributed by atoms with Crippen molar-refractivity contribution in [1.82, 2.24) is 0 Å². The van der Waals surface area contributed by atoms with Gasteiger partial charge in [0.25, 0.3) is 0 Å². The van der Waals surface area contributed by atoms with Gasteiger partial charge in [-0.1, -0.05) is 26.1 Å². The minimum atomic E-state index is -4.49. The average Bonchev–Trinajstić information content (AvgIpc) is 2.33. The van der Waals surface area contributed by atoms with Crippen molar-refractivity contribution in [3.8, 4) is 5.75 Å². The molecule has 0 radical (unpaired) electrons. The normalized spacial score (nSPS) is 11.7. The van der Waals surface area contributed by atoms with Gasteiger partial charge in [-0.05, 0) is 37.0 Å². The molecule has 0 unspecified atom stereocenters. The molecule has 0 atom stereocenters. The Morgan fingerprint density at radius 2 is 2.00 bits per heavy atom. The van der Waals surface area contributed by atoms with Gasteiger partial charge < -0.3 is 10.5 Å². The Morgan fingerprint density at radius 1 is 1.35 bits per heavy atom. The molecule has 1 aromatic rings. The predicted octanol–water partition coefficient (Wildman–Crippen LogP) is 4.15. The summed E-state index contributed by atoms with van der Waals surface area (Å²) in [5, 5.41) is 0. The van der Waals surface area contributed by atoms with Crippen LogP contribution in [-0.2, 0) is 6.18 Å². The van der Waals surface area contributed by atoms with Crippen LogP contribution in [0.4, 0.5) is 13.2 Å². The van der Waals surface area contributed by atoms with Crippen molar-refractivity contribution in [2.45, 2.75) is 32.9 Å². The summed E-state index contributed by atoms with van der Waals surface area (Å²) in [6, 6.07) is 3.64. The molecule has 20 heavy (non-hydrogen) atoms. The van der Waals surface area contributed by atoms with Crippen LogP contribution in [0.2, 0.25) is 0 Å². The standard InChI is InChI=1S/C14H18F3NOS/c1-9(2)4-3-7-19-12-6-5-10(13(18)20)8-11(12)14(15,16)17/h5-6,8-9H,3-4,7H2,1-2H3,(H2,18,20). The van der Waals surface area contributed by atoms with Crippen LogP contribution >= 0.6 is 12.2 Å². The molecule has 112 valence electrons. The van der Waals surface area contributed by atoms with Gasteiger partial charge in [0.2, 0.25) is 0 Å². The Labute approximate surface area is 122 Å². The molecule has 2 nitrogen and oxygen atoms in total. The van der Waals surface area contributed by atoms with Crippen LogP contribution in [0.3, 0.4) is 0 Å². The van der Waals surface area contributed by atoms with Gasteiger partial charge >= 0.3 is 6.18 Å². The summed E-state index contributed by atoms with van der Waals surface area (Å²) in [6.45, 7) is 4.37. The Bertz CT molecular complexity index is 472. The third-order valence-corrected chi connectivity index (χ3v) is 2.99. The van der Waals surface area contributed by atoms with E-state index >= 15 is 0 Å². The van der Waals surface area contributed by atoms with Gasteiger partial charge in [0.15, 0.2) is 0 Å². The van der Waals surface area contributed by atoms with E-state index in [1.807, 2.05) is 0 Å². The second-order valence-electron chi connectivity index (χ2n) is 4.96. The third kappa shape index (κ3) is 5.00. The van der Waals surface area contributed by atoms with Crippen LogP contribution in [0.25, 0.3) is 0 Å². The van der Waals surface area contributed by atoms with E-state index in [1.165, 1.54) is 12.1 Å². The third-order valence-electron chi connectivity index (χ3n) is 2.75. The first-order valence-corrected chi connectivity index (χ1v) is 6.76. The number of hydrogen-bond acceptors (Lipinski definition) is 2. The molecule has 0 aliphatic rings. The molecule has 0 amide bonds. The monoisotopic (exact) mass is 305 g/mol. The molecule has 0 aliphatic heterocycles. The molecular formula is C14H18F3NOS. The summed E-state index contributed by atoms with van der Waals surface area (Å²) in [5.41, 5.74) is 4.70. The predicted molar refractivity (Wildman–Crippen MR) is 76.9 cm³/mol. The van der Waals surface area contributed by atoms with Gasteiger partial charge in [0.05, 0.1) is 12.2 Å². The molecule has 0 spiro atoms. The largest absolute Gasteiger partial charge is 0.493 e. The maximum Gasteiger partial charge on any atom is 0.419 e. The zero-order valence-corrected chi connectivity index (χ0v) is 12.3. The Morgan fingerprint density at radius 3 is 2.50 bits per heavy atom. The van der Waals surface area contributed by atoms with E-state index in [4.69, 9.17) is 22.7 Å². The summed E-state index contributed by atoms with van der Waals surface area (Å²) < 4.78 is 44.1. The van der Waals surface area contributed by atoms with E-state index in [2.05, 4.69) is 13.8 Å². The number of benzene rings is 1. The van der Waals surface area contributed by atoms with E-state index in [0.717, 1.165) is 12.5 Å². The number of alkyl halides is 3. The lowest BCUT2D eigenvalue weighted by Crippen LogP contribution is -2.14. The minimum Gasteiger partial charge on any atom is -0.493 e. The number of nitrogens with two attached hydrogens (primary N) is 1. The summed E-state index contributed by atoms with van der Waals surface area (Å²) in [7, 11) is 0. The number of rotatable bonds is 6. The van der Waals surface area contributed by atoms with Crippen molar-refractivity contribution in [2.24, 2.45) is 11.7 Å². The molecule has 6 heteroatoms. The Balaban J connectivity index is 2.87. The lowest BCUT2D eigenvalue weighted by molar-refractivity contribution is -0.139. The van der Waals surface area contributed by atoms with Gasteiger partial charge in [0, 0.05) is 5.56 Å². The zero-order chi connectivity index (χ0) is 15.3. The van der Waals surface area contributed by atoms with E-state index < -0.39 is 11.7 Å². The molecule has 0 heterocycles. The summed E-state index contributed by atoms with van der Waals surface area (Å²) >= 11 is 4.69. The quantitative estimate of drug-likeness (QED) is 0.633. The van der Waals surface area contributed by atoms with Gasteiger partial charge in [-0.3, -0.25) is 0 Å². The van der Waals surface area contributed by atoms with Crippen molar-refractivity contribution < 1.29 is 17.9 Å². The van der Waals surface area contributed by atoms with E-state index in [9.17, 15) is 13.2 Å². The van der Waals surface area contributed by atoms with Crippen molar-refractivity contribution in [1.29, 1.82) is 0 Å². The molecule has 0 bridgehead atoms. The number of hydrogen-bond donors (Lipinski definition) is 1. The highest BCUT2D eigenvalue weighted by Crippen LogP contribution is 2.37. The Hall–Kier alpha value is -1.30. The smallest absolute Gasteiger partial charge is 0.419 e. The SMILES string of the molecule is CC(C)CCCOc1ccc(C(N)=S)cc1C(F)(F)F. The lowest BCUT2D eigenvalue weighted by atomic mass is 10.1. The molecule has 2 N–H and O–H groups in total. The lowest BCUT2D eigenvalue weighted by Gasteiger charge is -2.15. The molecule has 0 fully saturated rings. The van der Waals surface area contributed by atoms with Crippen molar-refractivity contribution in [3.05, 3.63) is 29.3 Å². The van der Waals surface area contributed by atoms with Crippen molar-refractivity contribution in [2.75, 3.05) is 6.61 Å². The van der Waals surface area contributed by atoms with Crippen LogP contribution < -0.4 is 10.5 Å². The zero-order valence-electron chi connectivity index (χ0n) is 11.5. The van der Waals surface area contributed by atoms with Crippen molar-refractivity contribution in [3.63, 3.8) is 0 Å². The molecular weight excluding hydrogens is 287 g/mol. The highest BCUT2D eigenvalue weighted by Gasteiger charge is 2.34. The summed E-state index contributed by atoms with van der Waals surface area (Å²) in [6.07, 6.45) is -2.87. The van der Waals surface area contributed by atoms with Gasteiger partial charge in [-0.2, -0.15) is 13.2 Å². The van der Waals surface area contributed by atoms with Crippen LogP contribution in [0.15, 0.2) is 18.2 Å². The fourth-order valence-corrected chi connectivity index (χ4v) is 1.83. The first-order valence-electron chi connectivity index (χ1n) is 6.35. The second-order valence-corrected chi connectivity index (χ2v) is 5.40. The number of halogens is 3. The maximum absolute atomic E-state index is 13.0. The van der Waals surface area contributed by atoms with Crippen LogP contribution in [0.1, 0.15) is 37.8 Å². The minimum absolute atomic E-state index is 0.0677. The summed E-state index contributed by atoms with van der Waals surface area (Å²) in [5.74, 6) is 0.318. The molecule has 0 aliphatic carbocycles. The number of ether oxygens (including phenoxy) is 1. The van der Waals surface area contributed by atoms with E-state index in [-0.39, 0.29) is 22.9 Å². The fraction of sp³-hybridized carbons (Fsp3) is 0.500. The molecule has 0 aromatic heterocycles. The van der Waals surface area contributed by atoms with Crippen LogP contribution in [0.5, 0.6) is 5.75 Å². The molecule has 1 aromatic carbocycles. The number of thiocarbonyl (C=S) groups is 1. The van der Waals surface area contributed by atoms with Crippen LogP contribution in [0, 0.1) is 5.92 Å². The van der Waals surface area contributed by atoms with Gasteiger partial charge in [-0.25, -0.2) is 0 Å². The topological polar surface area (TPSA) is 35.2 Å². The first kappa shape index (κ1) is 16.8. The highest BCUT2D eigenvalue weighted by atomic mass is 32.1. The maximum atomic E-state index is 13.0. The molecule has 0 saturated carbocycles. The van der Waals surface area contributed by atoms with Crippen molar-refractivity contribution >= 4 is 17.2 Å². The van der Waals surface area contributed by atoms with E-state index in [1.54, 1.807) is 0 Å². The Kier molecular flexibility index (Phi) is 5.80. The average molecular weight is 305 g/mol.